The van der Waals surface area contributed by atoms with Crippen LogP contribution in [0.15, 0.2) is 224 Å². The van der Waals surface area contributed by atoms with Crippen LogP contribution < -0.4 is 4.90 Å². The van der Waals surface area contributed by atoms with Crippen molar-refractivity contribution >= 4 is 70.1 Å². The Balaban J connectivity index is 1.22. The summed E-state index contributed by atoms with van der Waals surface area (Å²) in [5.41, 5.74) is 13.0. The molecule has 10 aromatic carbocycles. The molecule has 0 aliphatic rings. The first-order chi connectivity index (χ1) is 28.8. The van der Waals surface area contributed by atoms with Crippen LogP contribution in [-0.2, 0) is 0 Å². The first-order valence-corrected chi connectivity index (χ1v) is 20.7. The van der Waals surface area contributed by atoms with Crippen LogP contribution in [0.1, 0.15) is 0 Å². The minimum atomic E-state index is 1.09. The van der Waals surface area contributed by atoms with E-state index in [0.29, 0.717) is 0 Å². The zero-order chi connectivity index (χ0) is 38.4. The molecule has 0 aliphatic carbocycles. The summed E-state index contributed by atoms with van der Waals surface area (Å²) in [4.78, 5) is 2.46. The second kappa shape index (κ2) is 14.4. The van der Waals surface area contributed by atoms with Crippen LogP contribution in [0.25, 0.3) is 86.2 Å². The van der Waals surface area contributed by atoms with Crippen LogP contribution in [0.5, 0.6) is 0 Å². The fourth-order valence-corrected chi connectivity index (χ4v) is 9.98. The summed E-state index contributed by atoms with van der Waals surface area (Å²) in [5, 5.41) is 7.57. The molecule has 11 rings (SSSR count). The lowest BCUT2D eigenvalue weighted by Crippen LogP contribution is -2.12. The summed E-state index contributed by atoms with van der Waals surface area (Å²) in [6.45, 7) is 0. The topological polar surface area (TPSA) is 3.24 Å². The van der Waals surface area contributed by atoms with E-state index < -0.39 is 0 Å². The van der Waals surface area contributed by atoms with Gasteiger partial charge in [-0.3, -0.25) is 0 Å². The first kappa shape index (κ1) is 34.0. The van der Waals surface area contributed by atoms with Crippen molar-refractivity contribution in [2.75, 3.05) is 4.90 Å². The Morgan fingerprint density at radius 2 is 0.810 bits per heavy atom. The van der Waals surface area contributed by atoms with Crippen molar-refractivity contribution in [3.63, 3.8) is 0 Å². The molecule has 0 saturated carbocycles. The van der Waals surface area contributed by atoms with Gasteiger partial charge in [0, 0.05) is 42.7 Å². The predicted octanol–water partition coefficient (Wildman–Crippen LogP) is 16.5. The Kier molecular flexibility index (Phi) is 8.42. The molecular weight excluding hydrogens is 719 g/mol. The highest BCUT2D eigenvalue weighted by Gasteiger charge is 2.24. The zero-order valence-corrected chi connectivity index (χ0v) is 32.5. The highest BCUT2D eigenvalue weighted by Crippen LogP contribution is 2.51. The number of fused-ring (bicyclic) bond motifs is 6. The maximum absolute atomic E-state index is 2.46. The van der Waals surface area contributed by atoms with Gasteiger partial charge in [0.1, 0.15) is 0 Å². The van der Waals surface area contributed by atoms with E-state index >= 15 is 0 Å². The molecule has 1 heterocycles. The first-order valence-electron chi connectivity index (χ1n) is 19.8. The molecule has 58 heavy (non-hydrogen) atoms. The van der Waals surface area contributed by atoms with E-state index in [0.717, 1.165) is 17.1 Å². The van der Waals surface area contributed by atoms with Crippen molar-refractivity contribution in [1.82, 2.24) is 0 Å². The van der Waals surface area contributed by atoms with Gasteiger partial charge in [0.2, 0.25) is 0 Å². The van der Waals surface area contributed by atoms with Gasteiger partial charge in [-0.1, -0.05) is 182 Å². The molecule has 0 saturated heterocycles. The Morgan fingerprint density at radius 3 is 1.48 bits per heavy atom. The van der Waals surface area contributed by atoms with Crippen molar-refractivity contribution in [2.24, 2.45) is 0 Å². The van der Waals surface area contributed by atoms with Gasteiger partial charge < -0.3 is 4.90 Å². The van der Waals surface area contributed by atoms with Crippen molar-refractivity contribution in [1.29, 1.82) is 0 Å². The second-order valence-corrected chi connectivity index (χ2v) is 15.9. The van der Waals surface area contributed by atoms with Gasteiger partial charge in [0.15, 0.2) is 0 Å². The summed E-state index contributed by atoms with van der Waals surface area (Å²) in [6, 6.07) is 82.0. The average Bonchev–Trinajstić information content (AvgIpc) is 3.69. The number of rotatable bonds is 7. The SMILES string of the molecule is c1ccc(-c2ccc(N(c3ccc(-c4ccccc4)cc3)c3cccc(-c4cccc5c4sc4ccccc45)c3-c3cc4ccccc4c4ccccc34)cc2)cc1. The third kappa shape index (κ3) is 5.86. The maximum atomic E-state index is 2.46. The highest BCUT2D eigenvalue weighted by molar-refractivity contribution is 7.26. The van der Waals surface area contributed by atoms with E-state index in [2.05, 4.69) is 229 Å². The van der Waals surface area contributed by atoms with Crippen LogP contribution >= 0.6 is 11.3 Å². The molecule has 0 amide bonds. The van der Waals surface area contributed by atoms with E-state index in [4.69, 9.17) is 0 Å². The minimum Gasteiger partial charge on any atom is -0.310 e. The summed E-state index contributed by atoms with van der Waals surface area (Å²) in [5.74, 6) is 0. The van der Waals surface area contributed by atoms with Gasteiger partial charge >= 0.3 is 0 Å². The average molecular weight is 756 g/mol. The fourth-order valence-electron chi connectivity index (χ4n) is 8.75. The molecule has 1 aromatic heterocycles. The summed E-state index contributed by atoms with van der Waals surface area (Å²) >= 11 is 1.89. The van der Waals surface area contributed by atoms with E-state index in [1.165, 1.54) is 86.2 Å². The standard InChI is InChI=1S/C56H37NS/c1-3-15-38(16-4-1)40-29-33-43(34-30-40)57(44-35-31-41(32-36-44)39-17-5-2-6-18-39)53-27-14-24-49(51-26-13-25-50-48-23-11-12-28-54(48)58-56(50)51)55(53)52-37-42-19-7-8-20-45(42)46-21-9-10-22-47(46)52/h1-37H. The monoisotopic (exact) mass is 755 g/mol. The van der Waals surface area contributed by atoms with Gasteiger partial charge in [-0.05, 0) is 97.4 Å². The lowest BCUT2D eigenvalue weighted by Gasteiger charge is -2.30. The van der Waals surface area contributed by atoms with Crippen LogP contribution in [0.4, 0.5) is 17.1 Å². The van der Waals surface area contributed by atoms with Crippen LogP contribution in [0.2, 0.25) is 0 Å². The Labute approximate surface area is 342 Å². The maximum Gasteiger partial charge on any atom is 0.0546 e. The lowest BCUT2D eigenvalue weighted by atomic mass is 9.87. The highest BCUT2D eigenvalue weighted by atomic mass is 32.1. The quantitative estimate of drug-likeness (QED) is 0.146. The predicted molar refractivity (Wildman–Crippen MR) is 251 cm³/mol. The molecular formula is C56H37NS. The largest absolute Gasteiger partial charge is 0.310 e. The summed E-state index contributed by atoms with van der Waals surface area (Å²) in [7, 11) is 0. The van der Waals surface area contributed by atoms with Crippen molar-refractivity contribution in [3.8, 4) is 44.5 Å². The number of hydrogen-bond donors (Lipinski definition) is 0. The molecule has 0 spiro atoms. The van der Waals surface area contributed by atoms with Gasteiger partial charge in [-0.25, -0.2) is 0 Å². The molecule has 0 unspecified atom stereocenters. The van der Waals surface area contributed by atoms with E-state index in [1.54, 1.807) is 0 Å². The third-order valence-corrected chi connectivity index (χ3v) is 12.7. The van der Waals surface area contributed by atoms with Crippen molar-refractivity contribution < 1.29 is 0 Å². The van der Waals surface area contributed by atoms with Crippen LogP contribution in [0.3, 0.4) is 0 Å². The van der Waals surface area contributed by atoms with Gasteiger partial charge in [0.05, 0.1) is 5.69 Å². The molecule has 11 aromatic rings. The lowest BCUT2D eigenvalue weighted by molar-refractivity contribution is 1.28. The molecule has 0 radical (unpaired) electrons. The number of nitrogens with zero attached hydrogens (tertiary/aromatic N) is 1. The minimum absolute atomic E-state index is 1.09. The van der Waals surface area contributed by atoms with Gasteiger partial charge in [0.25, 0.3) is 0 Å². The van der Waals surface area contributed by atoms with Crippen LogP contribution in [0, 0.1) is 0 Å². The van der Waals surface area contributed by atoms with E-state index in [9.17, 15) is 0 Å². The molecule has 0 bridgehead atoms. The third-order valence-electron chi connectivity index (χ3n) is 11.5. The molecule has 0 aliphatic heterocycles. The molecule has 0 atom stereocenters. The van der Waals surface area contributed by atoms with E-state index in [-0.39, 0.29) is 0 Å². The number of thiophene rings is 1. The van der Waals surface area contributed by atoms with Crippen molar-refractivity contribution in [3.05, 3.63) is 224 Å². The summed E-state index contributed by atoms with van der Waals surface area (Å²) < 4.78 is 2.61. The van der Waals surface area contributed by atoms with Crippen molar-refractivity contribution in [2.45, 2.75) is 0 Å². The number of anilines is 3. The summed E-state index contributed by atoms with van der Waals surface area (Å²) in [6.07, 6.45) is 0. The van der Waals surface area contributed by atoms with Gasteiger partial charge in [-0.15, -0.1) is 11.3 Å². The normalized spacial score (nSPS) is 11.4. The molecule has 0 N–H and O–H groups in total. The number of benzene rings is 10. The molecule has 2 heteroatoms. The molecule has 0 fully saturated rings. The smallest absolute Gasteiger partial charge is 0.0546 e. The Bertz CT molecular complexity index is 3170. The zero-order valence-electron chi connectivity index (χ0n) is 31.7. The van der Waals surface area contributed by atoms with Crippen LogP contribution in [-0.4, -0.2) is 0 Å². The fraction of sp³-hybridized carbons (Fsp3) is 0. The molecule has 272 valence electrons. The van der Waals surface area contributed by atoms with E-state index in [1.807, 2.05) is 11.3 Å². The Hall–Kier alpha value is -7.26. The Morgan fingerprint density at radius 1 is 0.310 bits per heavy atom. The second-order valence-electron chi connectivity index (χ2n) is 14.8. The van der Waals surface area contributed by atoms with Gasteiger partial charge in [-0.2, -0.15) is 0 Å². The molecule has 1 nitrogen and oxygen atoms in total. The number of hydrogen-bond acceptors (Lipinski definition) is 2.